The van der Waals surface area contributed by atoms with Crippen LogP contribution in [0.4, 0.5) is 5.13 Å². The highest BCUT2D eigenvalue weighted by molar-refractivity contribution is 9.10. The fraction of sp³-hybridized carbons (Fsp3) is 0.333. The molecule has 0 bridgehead atoms. The van der Waals surface area contributed by atoms with Crippen molar-refractivity contribution in [2.75, 3.05) is 11.4 Å². The number of anilines is 1. The van der Waals surface area contributed by atoms with Gasteiger partial charge in [0.25, 0.3) is 0 Å². The van der Waals surface area contributed by atoms with Crippen LogP contribution in [0.3, 0.4) is 0 Å². The number of fused-ring (bicyclic) bond motifs is 1. The molecule has 0 unspecified atom stereocenters. The summed E-state index contributed by atoms with van der Waals surface area (Å²) in [5, 5.41) is 11.1. The van der Waals surface area contributed by atoms with Crippen LogP contribution in [0.25, 0.3) is 0 Å². The number of rotatable bonds is 1. The lowest BCUT2D eigenvalue weighted by molar-refractivity contribution is 0.721. The van der Waals surface area contributed by atoms with Crippen molar-refractivity contribution in [1.29, 1.82) is 0 Å². The summed E-state index contributed by atoms with van der Waals surface area (Å²) in [7, 11) is 0. The van der Waals surface area contributed by atoms with Gasteiger partial charge < -0.3 is 4.90 Å². The molecule has 0 fully saturated rings. The molecule has 0 saturated carbocycles. The van der Waals surface area contributed by atoms with Crippen LogP contribution in [0.5, 0.6) is 0 Å². The maximum atomic E-state index is 6.29. The molecule has 3 nitrogen and oxygen atoms in total. The molecule has 0 saturated heterocycles. The summed E-state index contributed by atoms with van der Waals surface area (Å²) in [5.74, 6) is 0. The third kappa shape index (κ3) is 2.15. The Hall–Kier alpha value is -0.650. The van der Waals surface area contributed by atoms with E-state index < -0.39 is 0 Å². The Balaban J connectivity index is 1.96. The molecule has 0 aliphatic carbocycles. The Morgan fingerprint density at radius 1 is 1.33 bits per heavy atom. The summed E-state index contributed by atoms with van der Waals surface area (Å²) in [5.41, 5.74) is 2.52. The summed E-state index contributed by atoms with van der Waals surface area (Å²) >= 11 is 11.5. The first-order valence-corrected chi connectivity index (χ1v) is 7.64. The predicted octanol–water partition coefficient (Wildman–Crippen LogP) is 3.83. The Morgan fingerprint density at radius 2 is 2.17 bits per heavy atom. The average molecular weight is 345 g/mol. The van der Waals surface area contributed by atoms with Gasteiger partial charge in [0.2, 0.25) is 5.13 Å². The largest absolute Gasteiger partial charge is 0.342 e. The molecule has 0 radical (unpaired) electrons. The SMILES string of the molecule is Cc1nnc(N2CCc3c(Br)ccc(Cl)c3C2)s1. The van der Waals surface area contributed by atoms with E-state index in [0.717, 1.165) is 39.1 Å². The van der Waals surface area contributed by atoms with Crippen molar-refractivity contribution in [3.63, 3.8) is 0 Å². The Labute approximate surface area is 123 Å². The second-order valence-electron chi connectivity index (χ2n) is 4.26. The van der Waals surface area contributed by atoms with Gasteiger partial charge in [0.1, 0.15) is 5.01 Å². The van der Waals surface area contributed by atoms with E-state index in [2.05, 4.69) is 31.0 Å². The monoisotopic (exact) mass is 343 g/mol. The van der Waals surface area contributed by atoms with E-state index >= 15 is 0 Å². The van der Waals surface area contributed by atoms with Gasteiger partial charge in [0, 0.05) is 22.6 Å². The standard InChI is InChI=1S/C12H11BrClN3S/c1-7-15-16-12(18-7)17-5-4-8-9(6-17)11(14)3-2-10(8)13/h2-3H,4-6H2,1H3. The minimum absolute atomic E-state index is 0.808. The molecular weight excluding hydrogens is 334 g/mol. The summed E-state index contributed by atoms with van der Waals surface area (Å²) in [6.45, 7) is 3.74. The molecule has 0 N–H and O–H groups in total. The number of hydrogen-bond acceptors (Lipinski definition) is 4. The lowest BCUT2D eigenvalue weighted by Gasteiger charge is -2.29. The number of benzene rings is 1. The van der Waals surface area contributed by atoms with Gasteiger partial charge in [-0.2, -0.15) is 0 Å². The van der Waals surface area contributed by atoms with Crippen LogP contribution in [0.15, 0.2) is 16.6 Å². The zero-order valence-corrected chi connectivity index (χ0v) is 12.9. The van der Waals surface area contributed by atoms with E-state index in [1.54, 1.807) is 11.3 Å². The first-order chi connectivity index (χ1) is 8.65. The summed E-state index contributed by atoms with van der Waals surface area (Å²) in [6, 6.07) is 3.96. The van der Waals surface area contributed by atoms with Crippen LogP contribution >= 0.6 is 38.9 Å². The van der Waals surface area contributed by atoms with Gasteiger partial charge >= 0.3 is 0 Å². The average Bonchev–Trinajstić information content (AvgIpc) is 2.80. The number of nitrogens with zero attached hydrogens (tertiary/aromatic N) is 3. The minimum atomic E-state index is 0.808. The molecule has 6 heteroatoms. The quantitative estimate of drug-likeness (QED) is 0.787. The number of hydrogen-bond donors (Lipinski definition) is 0. The molecule has 1 aliphatic heterocycles. The van der Waals surface area contributed by atoms with Gasteiger partial charge in [-0.05, 0) is 36.6 Å². The molecule has 1 aliphatic rings. The van der Waals surface area contributed by atoms with E-state index in [1.165, 1.54) is 11.1 Å². The van der Waals surface area contributed by atoms with Crippen molar-refractivity contribution in [3.05, 3.63) is 37.8 Å². The molecule has 0 atom stereocenters. The van der Waals surface area contributed by atoms with E-state index in [0.29, 0.717) is 0 Å². The van der Waals surface area contributed by atoms with Crippen molar-refractivity contribution in [1.82, 2.24) is 10.2 Å². The lowest BCUT2D eigenvalue weighted by Crippen LogP contribution is -2.30. The number of halogens is 2. The molecule has 1 aromatic carbocycles. The normalized spacial score (nSPS) is 14.7. The molecule has 94 valence electrons. The Bertz CT molecular complexity index is 599. The second-order valence-corrected chi connectivity index (χ2v) is 6.68. The Morgan fingerprint density at radius 3 is 2.89 bits per heavy atom. The smallest absolute Gasteiger partial charge is 0.208 e. The predicted molar refractivity (Wildman–Crippen MR) is 78.6 cm³/mol. The van der Waals surface area contributed by atoms with Crippen molar-refractivity contribution in [2.45, 2.75) is 19.9 Å². The van der Waals surface area contributed by atoms with Gasteiger partial charge in [-0.25, -0.2) is 0 Å². The van der Waals surface area contributed by atoms with Crippen LogP contribution < -0.4 is 4.90 Å². The lowest BCUT2D eigenvalue weighted by atomic mass is 10.0. The highest BCUT2D eigenvalue weighted by Gasteiger charge is 2.22. The zero-order valence-electron chi connectivity index (χ0n) is 9.78. The van der Waals surface area contributed by atoms with Gasteiger partial charge in [0.15, 0.2) is 0 Å². The molecule has 0 spiro atoms. The van der Waals surface area contributed by atoms with Gasteiger partial charge in [-0.1, -0.05) is 38.9 Å². The zero-order chi connectivity index (χ0) is 12.7. The van der Waals surface area contributed by atoms with Gasteiger partial charge in [0.05, 0.1) is 0 Å². The molecule has 18 heavy (non-hydrogen) atoms. The summed E-state index contributed by atoms with van der Waals surface area (Å²) in [6.07, 6.45) is 0.981. The van der Waals surface area contributed by atoms with Gasteiger partial charge in [-0.15, -0.1) is 10.2 Å². The van der Waals surface area contributed by atoms with Crippen LogP contribution in [-0.4, -0.2) is 16.7 Å². The fourth-order valence-electron chi connectivity index (χ4n) is 2.17. The molecule has 0 amide bonds. The topological polar surface area (TPSA) is 29.0 Å². The maximum absolute atomic E-state index is 6.29. The Kier molecular flexibility index (Phi) is 3.30. The third-order valence-electron chi connectivity index (χ3n) is 3.08. The first-order valence-electron chi connectivity index (χ1n) is 5.66. The van der Waals surface area contributed by atoms with Crippen molar-refractivity contribution < 1.29 is 0 Å². The fourth-order valence-corrected chi connectivity index (χ4v) is 3.69. The van der Waals surface area contributed by atoms with Crippen LogP contribution in [0.2, 0.25) is 5.02 Å². The maximum Gasteiger partial charge on any atom is 0.208 e. The molecule has 1 aromatic heterocycles. The van der Waals surface area contributed by atoms with Crippen molar-refractivity contribution in [2.24, 2.45) is 0 Å². The highest BCUT2D eigenvalue weighted by atomic mass is 79.9. The van der Waals surface area contributed by atoms with E-state index in [-0.39, 0.29) is 0 Å². The van der Waals surface area contributed by atoms with Gasteiger partial charge in [-0.3, -0.25) is 0 Å². The van der Waals surface area contributed by atoms with Crippen molar-refractivity contribution >= 4 is 44.0 Å². The molecule has 2 heterocycles. The second kappa shape index (κ2) is 4.79. The molecular formula is C12H11BrClN3S. The number of aryl methyl sites for hydroxylation is 1. The minimum Gasteiger partial charge on any atom is -0.342 e. The van der Waals surface area contributed by atoms with E-state index in [4.69, 9.17) is 11.6 Å². The third-order valence-corrected chi connectivity index (χ3v) is 5.08. The summed E-state index contributed by atoms with van der Waals surface area (Å²) < 4.78 is 1.15. The molecule has 2 aromatic rings. The van der Waals surface area contributed by atoms with E-state index in [9.17, 15) is 0 Å². The van der Waals surface area contributed by atoms with Crippen molar-refractivity contribution in [3.8, 4) is 0 Å². The van der Waals surface area contributed by atoms with Crippen LogP contribution in [0.1, 0.15) is 16.1 Å². The molecule has 3 rings (SSSR count). The number of aromatic nitrogens is 2. The van der Waals surface area contributed by atoms with Crippen LogP contribution in [-0.2, 0) is 13.0 Å². The highest BCUT2D eigenvalue weighted by Crippen LogP contribution is 2.34. The summed E-state index contributed by atoms with van der Waals surface area (Å²) in [4.78, 5) is 2.24. The van der Waals surface area contributed by atoms with E-state index in [1.807, 2.05) is 19.1 Å². The first kappa shape index (κ1) is 12.4. The van der Waals surface area contributed by atoms with Crippen LogP contribution in [0, 0.1) is 6.92 Å².